The third-order valence-electron chi connectivity index (χ3n) is 5.34. The highest BCUT2D eigenvalue weighted by Gasteiger charge is 2.39. The number of likely N-dealkylation sites (N-methyl/N-ethyl adjacent to an activating group) is 1. The van der Waals surface area contributed by atoms with E-state index in [1.165, 1.54) is 30.9 Å². The maximum absolute atomic E-state index is 14.7. The molecule has 0 fully saturated rings. The van der Waals surface area contributed by atoms with Crippen molar-refractivity contribution >= 4 is 22.8 Å². The van der Waals surface area contributed by atoms with Gasteiger partial charge in [0.25, 0.3) is 5.91 Å². The van der Waals surface area contributed by atoms with Crippen LogP contribution in [-0.4, -0.2) is 52.5 Å². The monoisotopic (exact) mass is 516 g/mol. The lowest BCUT2D eigenvalue weighted by Gasteiger charge is -2.22. The molecule has 194 valence electrons. The maximum Gasteiger partial charge on any atom is 0.408 e. The number of alkyl halides is 3. The standard InChI is InChI=1S/C23H22F6N4O3/c1-4-17(23(27,28)29)30-22(36)14-10-33(19-15(25)7-12(24)8-16(19)26)21-13(20(14)35)5-6-18(31-21)32(3)9-11(2)34/h5-8,10-11,17,34H,4,9H2,1-3H3,(H,30,36)/t11-,17+/m1/s1. The van der Waals surface area contributed by atoms with E-state index in [-0.39, 0.29) is 23.4 Å². The fourth-order valence-electron chi connectivity index (χ4n) is 3.64. The lowest BCUT2D eigenvalue weighted by Crippen LogP contribution is -2.46. The first-order chi connectivity index (χ1) is 16.7. The Morgan fingerprint density at radius 3 is 2.33 bits per heavy atom. The lowest BCUT2D eigenvalue weighted by molar-refractivity contribution is -0.153. The van der Waals surface area contributed by atoms with Crippen molar-refractivity contribution in [3.8, 4) is 5.69 Å². The topological polar surface area (TPSA) is 87.5 Å². The highest BCUT2D eigenvalue weighted by atomic mass is 19.4. The number of rotatable bonds is 7. The van der Waals surface area contributed by atoms with Crippen LogP contribution >= 0.6 is 0 Å². The third-order valence-corrected chi connectivity index (χ3v) is 5.34. The number of carbonyl (C=O) groups is 1. The number of fused-ring (bicyclic) bond motifs is 1. The van der Waals surface area contributed by atoms with Crippen molar-refractivity contribution in [2.75, 3.05) is 18.5 Å². The zero-order valence-corrected chi connectivity index (χ0v) is 19.3. The molecule has 0 aliphatic carbocycles. The molecule has 0 aliphatic rings. The van der Waals surface area contributed by atoms with E-state index in [1.54, 1.807) is 12.4 Å². The molecule has 0 spiro atoms. The molecule has 3 aromatic rings. The van der Waals surface area contributed by atoms with E-state index in [4.69, 9.17) is 0 Å². The highest BCUT2D eigenvalue weighted by Crippen LogP contribution is 2.26. The second-order valence-electron chi connectivity index (χ2n) is 8.21. The van der Waals surface area contributed by atoms with Crippen LogP contribution in [0.2, 0.25) is 0 Å². The van der Waals surface area contributed by atoms with E-state index in [0.717, 1.165) is 0 Å². The molecule has 0 bridgehead atoms. The predicted molar refractivity (Wildman–Crippen MR) is 120 cm³/mol. The van der Waals surface area contributed by atoms with Crippen LogP contribution in [0.1, 0.15) is 30.6 Å². The Morgan fingerprint density at radius 2 is 1.81 bits per heavy atom. The Morgan fingerprint density at radius 1 is 1.19 bits per heavy atom. The molecule has 2 aromatic heterocycles. The molecule has 0 radical (unpaired) electrons. The van der Waals surface area contributed by atoms with Gasteiger partial charge in [-0.1, -0.05) is 6.92 Å². The summed E-state index contributed by atoms with van der Waals surface area (Å²) in [5.74, 6) is -5.30. The quantitative estimate of drug-likeness (QED) is 0.468. The first-order valence-electron chi connectivity index (χ1n) is 10.7. The van der Waals surface area contributed by atoms with Gasteiger partial charge in [0, 0.05) is 31.9 Å². The molecule has 3 rings (SSSR count). The van der Waals surface area contributed by atoms with Crippen molar-refractivity contribution in [3.05, 3.63) is 63.7 Å². The molecule has 0 unspecified atom stereocenters. The van der Waals surface area contributed by atoms with Crippen LogP contribution in [0.4, 0.5) is 32.2 Å². The number of carbonyl (C=O) groups excluding carboxylic acids is 1. The summed E-state index contributed by atoms with van der Waals surface area (Å²) in [7, 11) is 1.55. The molecule has 0 saturated carbocycles. The smallest absolute Gasteiger partial charge is 0.392 e. The second-order valence-corrected chi connectivity index (χ2v) is 8.21. The van der Waals surface area contributed by atoms with Crippen LogP contribution in [0.5, 0.6) is 0 Å². The van der Waals surface area contributed by atoms with E-state index < -0.39 is 64.8 Å². The minimum absolute atomic E-state index is 0.0956. The fourth-order valence-corrected chi connectivity index (χ4v) is 3.64. The summed E-state index contributed by atoms with van der Waals surface area (Å²) in [4.78, 5) is 31.5. The van der Waals surface area contributed by atoms with E-state index in [2.05, 4.69) is 4.98 Å². The molecule has 1 aromatic carbocycles. The summed E-state index contributed by atoms with van der Waals surface area (Å²) in [5, 5.41) is 11.0. The van der Waals surface area contributed by atoms with Gasteiger partial charge in [0.1, 0.15) is 28.9 Å². The first kappa shape index (κ1) is 27.0. The molecule has 13 heteroatoms. The highest BCUT2D eigenvalue weighted by molar-refractivity contribution is 5.97. The van der Waals surface area contributed by atoms with E-state index in [1.807, 2.05) is 0 Å². The van der Waals surface area contributed by atoms with Gasteiger partial charge in [-0.2, -0.15) is 13.2 Å². The first-order valence-corrected chi connectivity index (χ1v) is 10.7. The number of halogens is 6. The van der Waals surface area contributed by atoms with Gasteiger partial charge in [0.2, 0.25) is 5.43 Å². The number of benzene rings is 1. The molecule has 2 heterocycles. The molecule has 1 amide bonds. The lowest BCUT2D eigenvalue weighted by atomic mass is 10.1. The number of nitrogens with one attached hydrogen (secondary N) is 1. The van der Waals surface area contributed by atoms with Crippen molar-refractivity contribution < 1.29 is 36.2 Å². The second kappa shape index (κ2) is 10.2. The molecule has 7 nitrogen and oxygen atoms in total. The Hall–Kier alpha value is -3.61. The summed E-state index contributed by atoms with van der Waals surface area (Å²) in [6.45, 7) is 2.78. The van der Waals surface area contributed by atoms with Gasteiger partial charge in [-0.05, 0) is 25.5 Å². The van der Waals surface area contributed by atoms with Crippen molar-refractivity contribution in [3.63, 3.8) is 0 Å². The van der Waals surface area contributed by atoms with Crippen LogP contribution in [-0.2, 0) is 0 Å². The number of aliphatic hydroxyl groups is 1. The van der Waals surface area contributed by atoms with Gasteiger partial charge in [-0.3, -0.25) is 14.2 Å². The number of hydrogen-bond acceptors (Lipinski definition) is 5. The molecule has 2 N–H and O–H groups in total. The average Bonchev–Trinajstić information content (AvgIpc) is 2.76. The number of pyridine rings is 2. The SMILES string of the molecule is CC[C@H](NC(=O)c1cn(-c2c(F)cc(F)cc2F)c2nc(N(C)C[C@@H](C)O)ccc2c1=O)C(F)(F)F. The number of aromatic nitrogens is 2. The zero-order valence-electron chi connectivity index (χ0n) is 19.3. The van der Waals surface area contributed by atoms with Crippen LogP contribution < -0.4 is 15.6 Å². The third kappa shape index (κ3) is 5.45. The molecule has 36 heavy (non-hydrogen) atoms. The summed E-state index contributed by atoms with van der Waals surface area (Å²) in [6.07, 6.45) is -5.46. The summed E-state index contributed by atoms with van der Waals surface area (Å²) >= 11 is 0. The number of anilines is 1. The summed E-state index contributed by atoms with van der Waals surface area (Å²) < 4.78 is 83.2. The minimum atomic E-state index is -4.81. The zero-order chi connectivity index (χ0) is 26.9. The molecule has 0 aliphatic heterocycles. The van der Waals surface area contributed by atoms with Gasteiger partial charge in [-0.25, -0.2) is 18.2 Å². The van der Waals surface area contributed by atoms with Gasteiger partial charge in [0.15, 0.2) is 17.3 Å². The normalized spacial score (nSPS) is 13.5. The molecule has 2 atom stereocenters. The number of hydrogen-bond donors (Lipinski definition) is 2. The minimum Gasteiger partial charge on any atom is -0.392 e. The number of aliphatic hydroxyl groups excluding tert-OH is 1. The molecule has 0 saturated heterocycles. The Labute approximate surface area is 201 Å². The van der Waals surface area contributed by atoms with Crippen molar-refractivity contribution in [2.24, 2.45) is 0 Å². The van der Waals surface area contributed by atoms with Crippen molar-refractivity contribution in [1.82, 2.24) is 14.9 Å². The largest absolute Gasteiger partial charge is 0.408 e. The van der Waals surface area contributed by atoms with Gasteiger partial charge in [-0.15, -0.1) is 0 Å². The molecular weight excluding hydrogens is 494 g/mol. The molecular formula is C23H22F6N4O3. The summed E-state index contributed by atoms with van der Waals surface area (Å²) in [6, 6.07) is 0.971. The Bertz CT molecular complexity index is 1330. The van der Waals surface area contributed by atoms with Crippen LogP contribution in [0.15, 0.2) is 35.3 Å². The van der Waals surface area contributed by atoms with Gasteiger partial charge in [0.05, 0.1) is 11.5 Å². The average molecular weight is 516 g/mol. The van der Waals surface area contributed by atoms with Crippen LogP contribution in [0, 0.1) is 17.5 Å². The van der Waals surface area contributed by atoms with Crippen LogP contribution in [0.3, 0.4) is 0 Å². The Kier molecular flexibility index (Phi) is 7.62. The van der Waals surface area contributed by atoms with Gasteiger partial charge >= 0.3 is 6.18 Å². The van der Waals surface area contributed by atoms with Crippen LogP contribution in [0.25, 0.3) is 16.7 Å². The maximum atomic E-state index is 14.7. The van der Waals surface area contributed by atoms with Crippen molar-refractivity contribution in [2.45, 2.75) is 38.6 Å². The van der Waals surface area contributed by atoms with E-state index in [0.29, 0.717) is 22.9 Å². The number of nitrogens with zero attached hydrogens (tertiary/aromatic N) is 3. The van der Waals surface area contributed by atoms with Crippen molar-refractivity contribution in [1.29, 1.82) is 0 Å². The van der Waals surface area contributed by atoms with E-state index >= 15 is 0 Å². The van der Waals surface area contributed by atoms with E-state index in [9.17, 15) is 41.0 Å². The fraction of sp³-hybridized carbons (Fsp3) is 0.348. The Balaban J connectivity index is 2.30. The number of amides is 1. The van der Waals surface area contributed by atoms with Gasteiger partial charge < -0.3 is 15.3 Å². The predicted octanol–water partition coefficient (Wildman–Crippen LogP) is 3.69. The summed E-state index contributed by atoms with van der Waals surface area (Å²) in [5.41, 5.74) is -3.11.